The van der Waals surface area contributed by atoms with E-state index in [0.29, 0.717) is 0 Å². The second-order valence-electron chi connectivity index (χ2n) is 4.33. The Morgan fingerprint density at radius 3 is 2.18 bits per heavy atom. The van der Waals surface area contributed by atoms with Gasteiger partial charge in [0.05, 0.1) is 13.2 Å². The molecule has 0 N–H and O–H groups in total. The van der Waals surface area contributed by atoms with Crippen molar-refractivity contribution in [1.82, 2.24) is 0 Å². The SMILES string of the molecule is CCCCOc1ccc(OCCCC)c(C)c1. The van der Waals surface area contributed by atoms with E-state index in [4.69, 9.17) is 9.47 Å². The summed E-state index contributed by atoms with van der Waals surface area (Å²) in [6.45, 7) is 7.99. The number of hydrogen-bond acceptors (Lipinski definition) is 2. The van der Waals surface area contributed by atoms with E-state index in [0.717, 1.165) is 56.0 Å². The highest BCUT2D eigenvalue weighted by atomic mass is 16.5. The van der Waals surface area contributed by atoms with Crippen molar-refractivity contribution in [1.29, 1.82) is 0 Å². The van der Waals surface area contributed by atoms with E-state index in [-0.39, 0.29) is 0 Å². The topological polar surface area (TPSA) is 18.5 Å². The van der Waals surface area contributed by atoms with Gasteiger partial charge in [0.25, 0.3) is 0 Å². The fourth-order valence-corrected chi connectivity index (χ4v) is 1.53. The van der Waals surface area contributed by atoms with Crippen molar-refractivity contribution in [3.63, 3.8) is 0 Å². The van der Waals surface area contributed by atoms with Crippen LogP contribution in [-0.4, -0.2) is 13.2 Å². The molecule has 1 rings (SSSR count). The molecular formula is C15H24O2. The van der Waals surface area contributed by atoms with Gasteiger partial charge in [-0.15, -0.1) is 0 Å². The predicted octanol–water partition coefficient (Wildman–Crippen LogP) is 4.35. The highest BCUT2D eigenvalue weighted by Crippen LogP contribution is 2.23. The lowest BCUT2D eigenvalue weighted by Gasteiger charge is -2.11. The van der Waals surface area contributed by atoms with E-state index < -0.39 is 0 Å². The van der Waals surface area contributed by atoms with Crippen LogP contribution in [0.2, 0.25) is 0 Å². The molecule has 0 saturated carbocycles. The average molecular weight is 236 g/mol. The first kappa shape index (κ1) is 13.9. The monoisotopic (exact) mass is 236 g/mol. The van der Waals surface area contributed by atoms with Crippen LogP contribution >= 0.6 is 0 Å². The standard InChI is InChI=1S/C15H24O2/c1-4-6-10-16-14-8-9-15(13(3)12-14)17-11-7-5-2/h8-9,12H,4-7,10-11H2,1-3H3. The van der Waals surface area contributed by atoms with Crippen LogP contribution in [0.4, 0.5) is 0 Å². The summed E-state index contributed by atoms with van der Waals surface area (Å²) in [4.78, 5) is 0. The van der Waals surface area contributed by atoms with Crippen LogP contribution in [0.1, 0.15) is 45.1 Å². The van der Waals surface area contributed by atoms with Crippen LogP contribution in [0.15, 0.2) is 18.2 Å². The molecule has 0 bridgehead atoms. The Kier molecular flexibility index (Phi) is 6.53. The Morgan fingerprint density at radius 1 is 0.941 bits per heavy atom. The third-order valence-corrected chi connectivity index (χ3v) is 2.67. The zero-order valence-electron chi connectivity index (χ0n) is 11.3. The van der Waals surface area contributed by atoms with Gasteiger partial charge in [-0.2, -0.15) is 0 Å². The number of rotatable bonds is 8. The van der Waals surface area contributed by atoms with Gasteiger partial charge in [0, 0.05) is 0 Å². The van der Waals surface area contributed by atoms with Crippen molar-refractivity contribution < 1.29 is 9.47 Å². The molecule has 0 aromatic heterocycles. The van der Waals surface area contributed by atoms with Crippen LogP contribution in [0.5, 0.6) is 11.5 Å². The number of hydrogen-bond donors (Lipinski definition) is 0. The van der Waals surface area contributed by atoms with Crippen LogP contribution in [0, 0.1) is 6.92 Å². The van der Waals surface area contributed by atoms with Crippen LogP contribution < -0.4 is 9.47 Å². The summed E-state index contributed by atoms with van der Waals surface area (Å²) in [5, 5.41) is 0. The van der Waals surface area contributed by atoms with Gasteiger partial charge >= 0.3 is 0 Å². The normalized spacial score (nSPS) is 10.3. The Balaban J connectivity index is 2.47. The summed E-state index contributed by atoms with van der Waals surface area (Å²) in [5.41, 5.74) is 1.15. The van der Waals surface area contributed by atoms with Crippen molar-refractivity contribution in [3.8, 4) is 11.5 Å². The lowest BCUT2D eigenvalue weighted by Crippen LogP contribution is -2.00. The van der Waals surface area contributed by atoms with E-state index in [1.165, 1.54) is 0 Å². The van der Waals surface area contributed by atoms with Gasteiger partial charge in [0.2, 0.25) is 0 Å². The highest BCUT2D eigenvalue weighted by molar-refractivity contribution is 5.39. The number of benzene rings is 1. The zero-order valence-corrected chi connectivity index (χ0v) is 11.3. The Bertz CT molecular complexity index is 321. The lowest BCUT2D eigenvalue weighted by atomic mass is 10.2. The first-order chi connectivity index (χ1) is 8.27. The minimum atomic E-state index is 0.798. The van der Waals surface area contributed by atoms with Crippen molar-refractivity contribution in [2.24, 2.45) is 0 Å². The van der Waals surface area contributed by atoms with E-state index in [9.17, 15) is 0 Å². The van der Waals surface area contributed by atoms with Crippen molar-refractivity contribution in [3.05, 3.63) is 23.8 Å². The summed E-state index contributed by atoms with van der Waals surface area (Å²) in [6, 6.07) is 6.05. The molecule has 1 aromatic rings. The second-order valence-corrected chi connectivity index (χ2v) is 4.33. The molecule has 2 heteroatoms. The fraction of sp³-hybridized carbons (Fsp3) is 0.600. The molecule has 17 heavy (non-hydrogen) atoms. The molecule has 0 saturated heterocycles. The maximum atomic E-state index is 5.70. The van der Waals surface area contributed by atoms with Gasteiger partial charge in [-0.1, -0.05) is 26.7 Å². The van der Waals surface area contributed by atoms with Crippen molar-refractivity contribution >= 4 is 0 Å². The first-order valence-corrected chi connectivity index (χ1v) is 6.64. The molecule has 0 aliphatic carbocycles. The van der Waals surface area contributed by atoms with Crippen LogP contribution in [0.25, 0.3) is 0 Å². The van der Waals surface area contributed by atoms with E-state index in [1.807, 2.05) is 12.1 Å². The number of aryl methyl sites for hydroxylation is 1. The molecule has 0 fully saturated rings. The first-order valence-electron chi connectivity index (χ1n) is 6.64. The van der Waals surface area contributed by atoms with Crippen LogP contribution in [-0.2, 0) is 0 Å². The van der Waals surface area contributed by atoms with Crippen molar-refractivity contribution in [2.45, 2.75) is 46.5 Å². The summed E-state index contributed by atoms with van der Waals surface area (Å²) >= 11 is 0. The fourth-order valence-electron chi connectivity index (χ4n) is 1.53. The molecule has 0 radical (unpaired) electrons. The minimum absolute atomic E-state index is 0.798. The summed E-state index contributed by atoms with van der Waals surface area (Å²) in [5.74, 6) is 1.92. The molecular weight excluding hydrogens is 212 g/mol. The summed E-state index contributed by atoms with van der Waals surface area (Å²) < 4.78 is 11.4. The number of ether oxygens (including phenoxy) is 2. The lowest BCUT2D eigenvalue weighted by molar-refractivity contribution is 0.299. The molecule has 0 spiro atoms. The van der Waals surface area contributed by atoms with E-state index >= 15 is 0 Å². The highest BCUT2D eigenvalue weighted by Gasteiger charge is 2.01. The molecule has 0 aliphatic rings. The Labute approximate surface area is 105 Å². The molecule has 0 heterocycles. The molecule has 2 nitrogen and oxygen atoms in total. The molecule has 1 aromatic carbocycles. The molecule has 0 aliphatic heterocycles. The Hall–Kier alpha value is -1.18. The predicted molar refractivity (Wildman–Crippen MR) is 72.0 cm³/mol. The molecule has 0 amide bonds. The Morgan fingerprint density at radius 2 is 1.59 bits per heavy atom. The molecule has 0 atom stereocenters. The minimum Gasteiger partial charge on any atom is -0.494 e. The van der Waals surface area contributed by atoms with E-state index in [2.05, 4.69) is 26.8 Å². The smallest absolute Gasteiger partial charge is 0.122 e. The second kappa shape index (κ2) is 7.99. The molecule has 96 valence electrons. The van der Waals surface area contributed by atoms with Gasteiger partial charge in [0.1, 0.15) is 11.5 Å². The quantitative estimate of drug-likeness (QED) is 0.625. The average Bonchev–Trinajstić information content (AvgIpc) is 2.32. The van der Waals surface area contributed by atoms with Gasteiger partial charge in [-0.05, 0) is 43.5 Å². The van der Waals surface area contributed by atoms with Gasteiger partial charge in [-0.3, -0.25) is 0 Å². The number of unbranched alkanes of at least 4 members (excludes halogenated alkanes) is 2. The third kappa shape index (κ3) is 5.12. The van der Waals surface area contributed by atoms with Crippen molar-refractivity contribution in [2.75, 3.05) is 13.2 Å². The summed E-state index contributed by atoms with van der Waals surface area (Å²) in [6.07, 6.45) is 4.54. The van der Waals surface area contributed by atoms with Gasteiger partial charge in [-0.25, -0.2) is 0 Å². The van der Waals surface area contributed by atoms with Gasteiger partial charge < -0.3 is 9.47 Å². The third-order valence-electron chi connectivity index (χ3n) is 2.67. The summed E-state index contributed by atoms with van der Waals surface area (Å²) in [7, 11) is 0. The largest absolute Gasteiger partial charge is 0.494 e. The van der Waals surface area contributed by atoms with Crippen LogP contribution in [0.3, 0.4) is 0 Å². The maximum absolute atomic E-state index is 5.70. The zero-order chi connectivity index (χ0) is 12.5. The maximum Gasteiger partial charge on any atom is 0.122 e. The molecule has 0 unspecified atom stereocenters. The van der Waals surface area contributed by atoms with E-state index in [1.54, 1.807) is 0 Å². The van der Waals surface area contributed by atoms with Gasteiger partial charge in [0.15, 0.2) is 0 Å².